The summed E-state index contributed by atoms with van der Waals surface area (Å²) in [6.45, 7) is 1.72. The van der Waals surface area contributed by atoms with Crippen LogP contribution < -0.4 is 11.2 Å². The maximum Gasteiger partial charge on any atom is 0.332 e. The summed E-state index contributed by atoms with van der Waals surface area (Å²) in [4.78, 5) is 42.1. The number of fused-ring (bicyclic) bond motifs is 1. The second kappa shape index (κ2) is 5.28. The first-order valence-electron chi connectivity index (χ1n) is 6.23. The Labute approximate surface area is 134 Å². The molecule has 0 radical (unpaired) electrons. The van der Waals surface area contributed by atoms with Crippen LogP contribution in [0.3, 0.4) is 0 Å². The van der Waals surface area contributed by atoms with Gasteiger partial charge in [-0.1, -0.05) is 0 Å². The van der Waals surface area contributed by atoms with Gasteiger partial charge in [0.15, 0.2) is 15.0 Å². The van der Waals surface area contributed by atoms with Gasteiger partial charge in [-0.25, -0.2) is 9.78 Å². The highest BCUT2D eigenvalue weighted by Gasteiger charge is 2.25. The second-order valence-corrected chi connectivity index (χ2v) is 6.00. The monoisotopic (exact) mass is 405 g/mol. The Balaban J connectivity index is 2.89. The fraction of sp³-hybridized carbons (Fsp3) is 0.500. The van der Waals surface area contributed by atoms with Crippen LogP contribution in [0.5, 0.6) is 0 Å². The van der Waals surface area contributed by atoms with E-state index in [0.29, 0.717) is 9.48 Å². The minimum Gasteiger partial charge on any atom is -0.347 e. The summed E-state index contributed by atoms with van der Waals surface area (Å²) >= 11 is 1.96. The van der Waals surface area contributed by atoms with E-state index in [1.807, 2.05) is 22.6 Å². The molecule has 0 aromatic carbocycles. The van der Waals surface area contributed by atoms with Crippen LogP contribution in [-0.4, -0.2) is 43.6 Å². The van der Waals surface area contributed by atoms with Gasteiger partial charge in [-0.2, -0.15) is 0 Å². The molecule has 0 spiro atoms. The second-order valence-electron chi connectivity index (χ2n) is 5.04. The zero-order chi connectivity index (χ0) is 16.1. The average molecular weight is 405 g/mol. The summed E-state index contributed by atoms with van der Waals surface area (Å²) in [7, 11) is 6.28. The summed E-state index contributed by atoms with van der Waals surface area (Å²) < 4.78 is 4.45. The Hall–Kier alpha value is -1.65. The highest BCUT2D eigenvalue weighted by Crippen LogP contribution is 2.20. The number of carbonyl (C=O) groups is 1. The lowest BCUT2D eigenvalue weighted by atomic mass is 10.3. The zero-order valence-electron chi connectivity index (χ0n) is 12.4. The summed E-state index contributed by atoms with van der Waals surface area (Å²) in [5.41, 5.74) is -0.374. The molecule has 114 valence electrons. The van der Waals surface area contributed by atoms with Crippen molar-refractivity contribution in [1.29, 1.82) is 0 Å². The van der Waals surface area contributed by atoms with Crippen LogP contribution in [0.25, 0.3) is 11.2 Å². The summed E-state index contributed by atoms with van der Waals surface area (Å²) in [5.74, 6) is -0.139. The molecule has 1 atom stereocenters. The maximum absolute atomic E-state index is 12.2. The van der Waals surface area contributed by atoms with Gasteiger partial charge in [-0.05, 0) is 6.92 Å². The Kier molecular flexibility index (Phi) is 3.95. The van der Waals surface area contributed by atoms with Gasteiger partial charge in [0.25, 0.3) is 5.56 Å². The van der Waals surface area contributed by atoms with Crippen molar-refractivity contribution in [2.45, 2.75) is 13.0 Å². The first-order valence-corrected chi connectivity index (χ1v) is 7.31. The van der Waals surface area contributed by atoms with Crippen LogP contribution in [0.4, 0.5) is 0 Å². The molecule has 2 rings (SSSR count). The van der Waals surface area contributed by atoms with Gasteiger partial charge in [-0.15, -0.1) is 0 Å². The summed E-state index contributed by atoms with van der Waals surface area (Å²) in [6, 6.07) is -0.561. The number of aromatic nitrogens is 4. The predicted molar refractivity (Wildman–Crippen MR) is 86.3 cm³/mol. The van der Waals surface area contributed by atoms with Crippen LogP contribution in [-0.2, 0) is 18.9 Å². The molecule has 9 heteroatoms. The van der Waals surface area contributed by atoms with E-state index in [-0.39, 0.29) is 11.4 Å². The Morgan fingerprint density at radius 1 is 1.24 bits per heavy atom. The van der Waals surface area contributed by atoms with E-state index < -0.39 is 17.3 Å². The topological polar surface area (TPSA) is 82.1 Å². The molecule has 2 aromatic heterocycles. The molecule has 0 unspecified atom stereocenters. The van der Waals surface area contributed by atoms with Crippen molar-refractivity contribution < 1.29 is 4.79 Å². The lowest BCUT2D eigenvalue weighted by Crippen LogP contribution is -2.38. The normalized spacial score (nSPS) is 12.7. The lowest BCUT2D eigenvalue weighted by Gasteiger charge is -2.20. The van der Waals surface area contributed by atoms with Crippen molar-refractivity contribution in [2.24, 2.45) is 14.1 Å². The van der Waals surface area contributed by atoms with Gasteiger partial charge < -0.3 is 4.90 Å². The lowest BCUT2D eigenvalue weighted by molar-refractivity contribution is -0.131. The predicted octanol–water partition coefficient (Wildman–Crippen LogP) is -0.313. The third kappa shape index (κ3) is 2.28. The van der Waals surface area contributed by atoms with Crippen LogP contribution >= 0.6 is 22.6 Å². The molecule has 0 fully saturated rings. The van der Waals surface area contributed by atoms with E-state index in [1.165, 1.54) is 16.5 Å². The first kappa shape index (κ1) is 15.7. The molecule has 0 N–H and O–H groups in total. The van der Waals surface area contributed by atoms with Gasteiger partial charge in [-0.3, -0.25) is 23.3 Å². The van der Waals surface area contributed by atoms with Crippen LogP contribution in [0.2, 0.25) is 0 Å². The van der Waals surface area contributed by atoms with Gasteiger partial charge in [0.05, 0.1) is 0 Å². The Morgan fingerprint density at radius 2 is 1.81 bits per heavy atom. The van der Waals surface area contributed by atoms with E-state index >= 15 is 0 Å². The number of likely N-dealkylation sites (N-methyl/N-ethyl adjacent to an activating group) is 1. The molecule has 2 aromatic rings. The van der Waals surface area contributed by atoms with Crippen LogP contribution in [0.15, 0.2) is 9.59 Å². The number of hydrogen-bond donors (Lipinski definition) is 0. The molecule has 0 saturated carbocycles. The molecule has 0 aliphatic carbocycles. The minimum atomic E-state index is -0.561. The number of aryl methyl sites for hydroxylation is 1. The fourth-order valence-corrected chi connectivity index (χ4v) is 3.14. The highest BCUT2D eigenvalue weighted by molar-refractivity contribution is 14.1. The van der Waals surface area contributed by atoms with E-state index in [9.17, 15) is 14.4 Å². The van der Waals surface area contributed by atoms with Gasteiger partial charge >= 0.3 is 5.69 Å². The number of carbonyl (C=O) groups excluding carboxylic acids is 1. The quantitative estimate of drug-likeness (QED) is 0.507. The SMILES string of the molecule is C[C@H](C(=O)N(C)C)n1c(I)nc2c(=O)n(C)c(=O)n(C)c21. The third-order valence-corrected chi connectivity index (χ3v) is 4.19. The fourth-order valence-electron chi connectivity index (χ4n) is 2.25. The van der Waals surface area contributed by atoms with Crippen LogP contribution in [0, 0.1) is 3.83 Å². The van der Waals surface area contributed by atoms with Crippen LogP contribution in [0.1, 0.15) is 13.0 Å². The number of hydrogen-bond acceptors (Lipinski definition) is 4. The molecular formula is C12H16IN5O3. The third-order valence-electron chi connectivity index (χ3n) is 3.43. The van der Waals surface area contributed by atoms with Gasteiger partial charge in [0.2, 0.25) is 5.91 Å². The van der Waals surface area contributed by atoms with Crippen molar-refractivity contribution >= 4 is 39.7 Å². The maximum atomic E-state index is 12.2. The first-order chi connectivity index (χ1) is 9.68. The average Bonchev–Trinajstić information content (AvgIpc) is 2.78. The highest BCUT2D eigenvalue weighted by atomic mass is 127. The van der Waals surface area contributed by atoms with E-state index in [1.54, 1.807) is 32.6 Å². The van der Waals surface area contributed by atoms with E-state index in [4.69, 9.17) is 0 Å². The molecule has 21 heavy (non-hydrogen) atoms. The van der Waals surface area contributed by atoms with Gasteiger partial charge in [0.1, 0.15) is 6.04 Å². The molecule has 0 aliphatic rings. The number of imidazole rings is 1. The van der Waals surface area contributed by atoms with Crippen molar-refractivity contribution in [2.75, 3.05) is 14.1 Å². The molecular weight excluding hydrogens is 389 g/mol. The molecule has 1 amide bonds. The molecule has 0 aliphatic heterocycles. The zero-order valence-corrected chi connectivity index (χ0v) is 14.6. The number of halogens is 1. The minimum absolute atomic E-state index is 0.139. The van der Waals surface area contributed by atoms with Gasteiger partial charge in [0, 0.05) is 50.8 Å². The van der Waals surface area contributed by atoms with Crippen molar-refractivity contribution in [3.05, 3.63) is 24.7 Å². The summed E-state index contributed by atoms with van der Waals surface area (Å²) in [5, 5.41) is 0. The molecule has 8 nitrogen and oxygen atoms in total. The number of nitrogens with zero attached hydrogens (tertiary/aromatic N) is 5. The largest absolute Gasteiger partial charge is 0.347 e. The summed E-state index contributed by atoms with van der Waals surface area (Å²) in [6.07, 6.45) is 0. The Morgan fingerprint density at radius 3 is 2.33 bits per heavy atom. The molecule has 0 saturated heterocycles. The molecule has 2 heterocycles. The van der Waals surface area contributed by atoms with E-state index in [2.05, 4.69) is 4.98 Å². The Bertz CT molecular complexity index is 845. The number of rotatable bonds is 2. The van der Waals surface area contributed by atoms with Crippen molar-refractivity contribution in [1.82, 2.24) is 23.6 Å². The number of amides is 1. The standard InChI is InChI=1S/C12H16IN5O3/c1-6(9(19)15(2)3)18-8-7(14-11(18)13)10(20)17(5)12(21)16(8)4/h6H,1-5H3/t6-/m1/s1. The van der Waals surface area contributed by atoms with E-state index in [0.717, 1.165) is 4.57 Å². The van der Waals surface area contributed by atoms with Crippen molar-refractivity contribution in [3.63, 3.8) is 0 Å². The smallest absolute Gasteiger partial charge is 0.332 e. The van der Waals surface area contributed by atoms with Crippen molar-refractivity contribution in [3.8, 4) is 0 Å². The molecule has 0 bridgehead atoms.